The van der Waals surface area contributed by atoms with Gasteiger partial charge in [-0.1, -0.05) is 88.8 Å². The number of nitrogens with two attached hydrogens (primary N) is 1. The summed E-state index contributed by atoms with van der Waals surface area (Å²) in [5.74, 6) is 7.99. The molecule has 2 saturated carbocycles. The molecule has 152 valence electrons. The van der Waals surface area contributed by atoms with E-state index in [1.807, 2.05) is 6.20 Å². The largest absolute Gasteiger partial charge is 0.325 e. The topological polar surface area (TPSA) is 58.4 Å². The maximum Gasteiger partial charge on any atom is 0.221 e. The molecule has 2 fully saturated rings. The fourth-order valence-electron chi connectivity index (χ4n) is 4.89. The maximum atomic E-state index is 11.2. The van der Waals surface area contributed by atoms with E-state index in [9.17, 15) is 4.79 Å². The normalized spacial score (nSPS) is 26.1. The number of carbonyl (C=O) groups is 1. The third-order valence-electron chi connectivity index (χ3n) is 6.46. The van der Waals surface area contributed by atoms with Crippen LogP contribution in [0.1, 0.15) is 90.4 Å². The van der Waals surface area contributed by atoms with Crippen molar-refractivity contribution in [2.24, 2.45) is 5.84 Å². The predicted octanol–water partition coefficient (Wildman–Crippen LogP) is 4.81. The van der Waals surface area contributed by atoms with E-state index in [1.54, 1.807) is 11.1 Å². The molecule has 0 atom stereocenters. The second kappa shape index (κ2) is 12.3. The number of carbonyl (C=O) groups excluding carboxylic acids is 1. The average Bonchev–Trinajstić information content (AvgIpc) is 2.66. The van der Waals surface area contributed by atoms with Gasteiger partial charge in [-0.3, -0.25) is 4.79 Å². The van der Waals surface area contributed by atoms with Gasteiger partial charge in [0.05, 0.1) is 5.70 Å². The maximum absolute atomic E-state index is 11.2. The van der Waals surface area contributed by atoms with Crippen molar-refractivity contribution in [3.8, 4) is 0 Å². The lowest BCUT2D eigenvalue weighted by molar-refractivity contribution is -0.118. The quantitative estimate of drug-likeness (QED) is 0.304. The number of hydrogen-bond donors (Lipinski definition) is 2. The Bertz CT molecular complexity index is 476. The van der Waals surface area contributed by atoms with Gasteiger partial charge in [-0.05, 0) is 18.9 Å². The number of nitrogens with zero attached hydrogens (tertiary/aromatic N) is 1. The van der Waals surface area contributed by atoms with E-state index in [0.29, 0.717) is 11.7 Å². The lowest BCUT2D eigenvalue weighted by atomic mass is 9.49. The second-order valence-corrected chi connectivity index (χ2v) is 8.75. The van der Waals surface area contributed by atoms with Gasteiger partial charge in [0.1, 0.15) is 7.28 Å². The van der Waals surface area contributed by atoms with Crippen molar-refractivity contribution in [2.45, 2.75) is 108 Å². The SMILES string of the molecule is C=C/C(=C\N(N)C1CCC(BC2CCCCCCCCC2)CC1)NC(C)=O. The molecule has 1 amide bonds. The number of allylic oxidation sites excluding steroid dienone is 1. The van der Waals surface area contributed by atoms with Crippen molar-refractivity contribution in [2.75, 3.05) is 0 Å². The molecule has 0 unspecified atom stereocenters. The molecule has 2 aliphatic rings. The fraction of sp³-hybridized carbons (Fsp3) is 0.773. The number of hydrogen-bond acceptors (Lipinski definition) is 3. The van der Waals surface area contributed by atoms with Crippen molar-refractivity contribution in [3.63, 3.8) is 0 Å². The first-order chi connectivity index (χ1) is 13.1. The van der Waals surface area contributed by atoms with E-state index in [-0.39, 0.29) is 5.91 Å². The Kier molecular flexibility index (Phi) is 10.0. The fourth-order valence-corrected chi connectivity index (χ4v) is 4.89. The van der Waals surface area contributed by atoms with Crippen molar-refractivity contribution < 1.29 is 4.79 Å². The predicted molar refractivity (Wildman–Crippen MR) is 117 cm³/mol. The molecule has 0 bridgehead atoms. The highest BCUT2D eigenvalue weighted by Gasteiger charge is 2.26. The molecule has 0 aromatic heterocycles. The van der Waals surface area contributed by atoms with Crippen LogP contribution in [0.25, 0.3) is 0 Å². The minimum absolute atomic E-state index is 0.0936. The minimum Gasteiger partial charge on any atom is -0.325 e. The number of nitrogens with one attached hydrogen (secondary N) is 1. The summed E-state index contributed by atoms with van der Waals surface area (Å²) in [6.07, 6.45) is 21.3. The molecule has 0 aliphatic heterocycles. The van der Waals surface area contributed by atoms with Crippen molar-refractivity contribution in [3.05, 3.63) is 24.6 Å². The smallest absolute Gasteiger partial charge is 0.221 e. The molecule has 0 aromatic rings. The zero-order valence-electron chi connectivity index (χ0n) is 17.4. The van der Waals surface area contributed by atoms with E-state index in [0.717, 1.165) is 24.5 Å². The van der Waals surface area contributed by atoms with Gasteiger partial charge in [-0.15, -0.1) is 0 Å². The molecule has 5 heteroatoms. The standard InChI is InChI=1S/C22H40BN3O/c1-3-21(25-18(2)27)17-26(24)22-15-13-20(14-16-22)23-19-11-9-7-5-4-6-8-10-12-19/h3,17,19-20,22-23H,1,4-16,24H2,2H3,(H,25,27)/b21-17+. The Morgan fingerprint density at radius 1 is 0.963 bits per heavy atom. The molecule has 3 N–H and O–H groups in total. The lowest BCUT2D eigenvalue weighted by Crippen LogP contribution is -2.40. The molecule has 0 saturated heterocycles. The first-order valence-electron chi connectivity index (χ1n) is 11.2. The second-order valence-electron chi connectivity index (χ2n) is 8.75. The Morgan fingerprint density at radius 2 is 1.48 bits per heavy atom. The van der Waals surface area contributed by atoms with E-state index < -0.39 is 0 Å². The Balaban J connectivity index is 1.77. The molecule has 0 spiro atoms. The first-order valence-corrected chi connectivity index (χ1v) is 11.2. The summed E-state index contributed by atoms with van der Waals surface area (Å²) in [6.45, 7) is 5.25. The van der Waals surface area contributed by atoms with Crippen LogP contribution in [0.3, 0.4) is 0 Å². The van der Waals surface area contributed by atoms with Crippen LogP contribution in [0.2, 0.25) is 11.6 Å². The molecule has 0 aromatic carbocycles. The zero-order valence-corrected chi connectivity index (χ0v) is 17.4. The highest BCUT2D eigenvalue weighted by molar-refractivity contribution is 6.39. The van der Waals surface area contributed by atoms with Gasteiger partial charge in [0.15, 0.2) is 0 Å². The van der Waals surface area contributed by atoms with Gasteiger partial charge in [-0.2, -0.15) is 0 Å². The highest BCUT2D eigenvalue weighted by atomic mass is 16.1. The van der Waals surface area contributed by atoms with Crippen molar-refractivity contribution in [1.82, 2.24) is 10.3 Å². The van der Waals surface area contributed by atoms with Gasteiger partial charge in [0, 0.05) is 19.2 Å². The number of amides is 1. The number of rotatable bonds is 6. The summed E-state index contributed by atoms with van der Waals surface area (Å²) in [6, 6.07) is 0.369. The van der Waals surface area contributed by atoms with Crippen LogP contribution in [-0.2, 0) is 4.79 Å². The third-order valence-corrected chi connectivity index (χ3v) is 6.46. The molecule has 0 heterocycles. The summed E-state index contributed by atoms with van der Waals surface area (Å²) >= 11 is 0. The van der Waals surface area contributed by atoms with Gasteiger partial charge in [0.2, 0.25) is 5.91 Å². The molecule has 2 rings (SSSR count). The van der Waals surface area contributed by atoms with E-state index in [2.05, 4.69) is 11.9 Å². The van der Waals surface area contributed by atoms with Crippen LogP contribution in [0.5, 0.6) is 0 Å². The lowest BCUT2D eigenvalue weighted by Gasteiger charge is -2.35. The molecule has 27 heavy (non-hydrogen) atoms. The summed E-state index contributed by atoms with van der Waals surface area (Å²) in [7, 11) is 1.43. The van der Waals surface area contributed by atoms with Gasteiger partial charge >= 0.3 is 0 Å². The minimum atomic E-state index is -0.0936. The van der Waals surface area contributed by atoms with Crippen molar-refractivity contribution >= 4 is 13.2 Å². The third kappa shape index (κ3) is 8.55. The van der Waals surface area contributed by atoms with Gasteiger partial charge in [0.25, 0.3) is 0 Å². The Hall–Kier alpha value is -1.23. The van der Waals surface area contributed by atoms with Gasteiger partial charge in [-0.25, -0.2) is 5.84 Å². The Morgan fingerprint density at radius 3 is 2.00 bits per heavy atom. The highest BCUT2D eigenvalue weighted by Crippen LogP contribution is 2.36. The average molecular weight is 373 g/mol. The van der Waals surface area contributed by atoms with E-state index in [4.69, 9.17) is 5.84 Å². The molecule has 4 nitrogen and oxygen atoms in total. The Labute approximate surface area is 167 Å². The zero-order chi connectivity index (χ0) is 19.5. The van der Waals surface area contributed by atoms with Crippen LogP contribution >= 0.6 is 0 Å². The molecule has 0 radical (unpaired) electrons. The van der Waals surface area contributed by atoms with E-state index in [1.165, 1.54) is 84.8 Å². The summed E-state index contributed by atoms with van der Waals surface area (Å²) in [5.41, 5.74) is 0.675. The van der Waals surface area contributed by atoms with Crippen molar-refractivity contribution in [1.29, 1.82) is 0 Å². The van der Waals surface area contributed by atoms with E-state index >= 15 is 0 Å². The van der Waals surface area contributed by atoms with Gasteiger partial charge < -0.3 is 10.3 Å². The van der Waals surface area contributed by atoms with Crippen LogP contribution < -0.4 is 11.2 Å². The summed E-state index contributed by atoms with van der Waals surface area (Å²) in [4.78, 5) is 11.2. The number of hydrazine groups is 1. The van der Waals surface area contributed by atoms with Crippen LogP contribution in [-0.4, -0.2) is 24.2 Å². The monoisotopic (exact) mass is 373 g/mol. The molecule has 2 aliphatic carbocycles. The van der Waals surface area contributed by atoms with Crippen LogP contribution in [0, 0.1) is 0 Å². The van der Waals surface area contributed by atoms with Crippen LogP contribution in [0.15, 0.2) is 24.6 Å². The summed E-state index contributed by atoms with van der Waals surface area (Å²) in [5, 5.41) is 4.55. The molecular formula is C22H40BN3O. The summed E-state index contributed by atoms with van der Waals surface area (Å²) < 4.78 is 0. The molecular weight excluding hydrogens is 333 g/mol. The van der Waals surface area contributed by atoms with Crippen LogP contribution in [0.4, 0.5) is 0 Å². The first kappa shape index (κ1) is 22.1.